The van der Waals surface area contributed by atoms with Gasteiger partial charge < -0.3 is 23.5 Å². The van der Waals surface area contributed by atoms with Crippen LogP contribution >= 0.6 is 0 Å². The molecule has 4 aromatic heterocycles. The van der Waals surface area contributed by atoms with Crippen molar-refractivity contribution in [1.82, 2.24) is 29.2 Å². The average molecular weight is 419 g/mol. The molecular formula is C22H25N7O2. The number of aromatic nitrogens is 5. The van der Waals surface area contributed by atoms with E-state index in [2.05, 4.69) is 31.5 Å². The Hall–Kier alpha value is -3.36. The molecule has 1 amide bonds. The SMILES string of the molecule is CCn1c(C(=O)N(C2CC2)C2CC2)cc2c3nc[nH]c3c(=Nc3cc(C)on3)n(C)c21. The maximum atomic E-state index is 13.6. The first kappa shape index (κ1) is 18.4. The molecule has 0 spiro atoms. The van der Waals surface area contributed by atoms with E-state index in [1.165, 1.54) is 0 Å². The third-order valence-corrected chi connectivity index (χ3v) is 6.31. The Balaban J connectivity index is 1.61. The molecule has 2 saturated carbocycles. The lowest BCUT2D eigenvalue weighted by atomic mass is 10.2. The largest absolute Gasteiger partial charge is 0.359 e. The van der Waals surface area contributed by atoms with E-state index in [0.717, 1.165) is 53.4 Å². The van der Waals surface area contributed by atoms with Crippen molar-refractivity contribution in [1.29, 1.82) is 0 Å². The maximum Gasteiger partial charge on any atom is 0.271 e. The zero-order valence-electron chi connectivity index (χ0n) is 17.9. The van der Waals surface area contributed by atoms with Crippen molar-refractivity contribution in [3.05, 3.63) is 35.4 Å². The molecule has 2 aliphatic rings. The number of carbonyl (C=O) groups excluding carboxylic acids is 1. The highest BCUT2D eigenvalue weighted by Gasteiger charge is 2.43. The van der Waals surface area contributed by atoms with Crippen molar-refractivity contribution < 1.29 is 9.32 Å². The molecule has 0 aromatic carbocycles. The first-order valence-corrected chi connectivity index (χ1v) is 10.9. The van der Waals surface area contributed by atoms with Crippen molar-refractivity contribution in [2.24, 2.45) is 12.0 Å². The van der Waals surface area contributed by atoms with E-state index in [9.17, 15) is 4.79 Å². The number of rotatable bonds is 5. The predicted octanol–water partition coefficient (Wildman–Crippen LogP) is 3.17. The van der Waals surface area contributed by atoms with Crippen LogP contribution in [-0.4, -0.2) is 47.1 Å². The summed E-state index contributed by atoms with van der Waals surface area (Å²) in [5, 5.41) is 4.97. The monoisotopic (exact) mass is 419 g/mol. The van der Waals surface area contributed by atoms with E-state index in [4.69, 9.17) is 9.52 Å². The number of pyridine rings is 1. The van der Waals surface area contributed by atoms with Crippen LogP contribution in [0.4, 0.5) is 5.82 Å². The van der Waals surface area contributed by atoms with E-state index in [-0.39, 0.29) is 5.91 Å². The van der Waals surface area contributed by atoms with Gasteiger partial charge in [-0.3, -0.25) is 4.79 Å². The lowest BCUT2D eigenvalue weighted by Crippen LogP contribution is -2.36. The molecule has 9 nitrogen and oxygen atoms in total. The van der Waals surface area contributed by atoms with Gasteiger partial charge in [0.15, 0.2) is 11.3 Å². The minimum Gasteiger partial charge on any atom is -0.359 e. The van der Waals surface area contributed by atoms with Gasteiger partial charge in [-0.05, 0) is 45.6 Å². The van der Waals surface area contributed by atoms with Crippen LogP contribution < -0.4 is 5.49 Å². The number of aryl methyl sites for hydroxylation is 3. The van der Waals surface area contributed by atoms with Crippen molar-refractivity contribution in [3.63, 3.8) is 0 Å². The van der Waals surface area contributed by atoms with E-state index in [1.54, 1.807) is 12.4 Å². The molecule has 2 aliphatic carbocycles. The summed E-state index contributed by atoms with van der Waals surface area (Å²) in [6.45, 7) is 4.59. The highest BCUT2D eigenvalue weighted by Crippen LogP contribution is 2.39. The number of nitrogens with zero attached hydrogens (tertiary/aromatic N) is 6. The molecule has 0 aliphatic heterocycles. The highest BCUT2D eigenvalue weighted by atomic mass is 16.5. The fourth-order valence-corrected chi connectivity index (χ4v) is 4.62. The Labute approximate surface area is 178 Å². The number of carbonyl (C=O) groups is 1. The molecule has 2 fully saturated rings. The zero-order valence-corrected chi connectivity index (χ0v) is 17.9. The van der Waals surface area contributed by atoms with Gasteiger partial charge in [-0.2, -0.15) is 0 Å². The number of amides is 1. The van der Waals surface area contributed by atoms with Gasteiger partial charge in [-0.25, -0.2) is 9.98 Å². The highest BCUT2D eigenvalue weighted by molar-refractivity contribution is 6.06. The first-order chi connectivity index (χ1) is 15.1. The minimum atomic E-state index is 0.136. The fraction of sp³-hybridized carbons (Fsp3) is 0.455. The number of hydrogen-bond acceptors (Lipinski definition) is 5. The van der Waals surface area contributed by atoms with Crippen molar-refractivity contribution in [2.75, 3.05) is 0 Å². The van der Waals surface area contributed by atoms with Crippen LogP contribution in [0, 0.1) is 6.92 Å². The number of H-pyrrole nitrogens is 1. The molecule has 0 unspecified atom stereocenters. The van der Waals surface area contributed by atoms with E-state index < -0.39 is 0 Å². The molecule has 1 N–H and O–H groups in total. The van der Waals surface area contributed by atoms with Gasteiger partial charge in [0.05, 0.1) is 6.33 Å². The number of aromatic amines is 1. The van der Waals surface area contributed by atoms with Gasteiger partial charge in [-0.1, -0.05) is 5.16 Å². The van der Waals surface area contributed by atoms with Crippen LogP contribution in [-0.2, 0) is 13.6 Å². The van der Waals surface area contributed by atoms with Gasteiger partial charge in [0.25, 0.3) is 5.91 Å². The number of imidazole rings is 1. The van der Waals surface area contributed by atoms with E-state index in [1.807, 2.05) is 24.6 Å². The summed E-state index contributed by atoms with van der Waals surface area (Å²) in [6, 6.07) is 4.61. The lowest BCUT2D eigenvalue weighted by Gasteiger charge is -2.23. The van der Waals surface area contributed by atoms with E-state index in [0.29, 0.717) is 35.7 Å². The van der Waals surface area contributed by atoms with Crippen molar-refractivity contribution in [2.45, 2.75) is 58.2 Å². The second-order valence-corrected chi connectivity index (χ2v) is 8.60. The molecule has 4 aromatic rings. The quantitative estimate of drug-likeness (QED) is 0.537. The summed E-state index contributed by atoms with van der Waals surface area (Å²) in [6.07, 6.45) is 6.14. The predicted molar refractivity (Wildman–Crippen MR) is 115 cm³/mol. The van der Waals surface area contributed by atoms with E-state index >= 15 is 0 Å². The Morgan fingerprint density at radius 1 is 1.29 bits per heavy atom. The van der Waals surface area contributed by atoms with Crippen LogP contribution in [0.25, 0.3) is 22.1 Å². The van der Waals surface area contributed by atoms with Gasteiger partial charge >= 0.3 is 0 Å². The third-order valence-electron chi connectivity index (χ3n) is 6.31. The molecule has 6 rings (SSSR count). The van der Waals surface area contributed by atoms with Gasteiger partial charge in [0, 0.05) is 37.1 Å². The molecule has 0 radical (unpaired) electrons. The molecule has 0 atom stereocenters. The zero-order chi connectivity index (χ0) is 21.3. The number of hydrogen-bond donors (Lipinski definition) is 1. The molecule has 31 heavy (non-hydrogen) atoms. The van der Waals surface area contributed by atoms with Gasteiger partial charge in [0.1, 0.15) is 28.1 Å². The topological polar surface area (TPSA) is 97.2 Å². The fourth-order valence-electron chi connectivity index (χ4n) is 4.62. The van der Waals surface area contributed by atoms with Crippen LogP contribution in [0.3, 0.4) is 0 Å². The maximum absolute atomic E-state index is 13.6. The molecular weight excluding hydrogens is 394 g/mol. The van der Waals surface area contributed by atoms with Crippen LogP contribution in [0.15, 0.2) is 28.0 Å². The second-order valence-electron chi connectivity index (χ2n) is 8.60. The average Bonchev–Trinajstić information content (AvgIpc) is 3.64. The standard InChI is InChI=1S/C22H25N7O2/c1-4-28-16(22(30)29(13-5-6-13)14-7-8-14)10-15-18-19(24-11-23-18)20(27(3)21(15)28)25-17-9-12(2)31-26-17/h9-11,13-14H,4-8H2,1-3H3,(H,23,24). The molecule has 4 heterocycles. The molecule has 9 heteroatoms. The smallest absolute Gasteiger partial charge is 0.271 e. The Bertz CT molecular complexity index is 1380. The molecule has 160 valence electrons. The summed E-state index contributed by atoms with van der Waals surface area (Å²) >= 11 is 0. The van der Waals surface area contributed by atoms with Gasteiger partial charge in [0.2, 0.25) is 0 Å². The number of nitrogens with one attached hydrogen (secondary N) is 1. The van der Waals surface area contributed by atoms with Crippen LogP contribution in [0.1, 0.15) is 48.9 Å². The Kier molecular flexibility index (Phi) is 3.90. The summed E-state index contributed by atoms with van der Waals surface area (Å²) in [7, 11) is 1.97. The minimum absolute atomic E-state index is 0.136. The first-order valence-electron chi connectivity index (χ1n) is 10.9. The summed E-state index contributed by atoms with van der Waals surface area (Å²) in [5.41, 5.74) is 3.96. The van der Waals surface area contributed by atoms with Crippen molar-refractivity contribution in [3.8, 4) is 0 Å². The Morgan fingerprint density at radius 2 is 2.03 bits per heavy atom. The van der Waals surface area contributed by atoms with Crippen LogP contribution in [0.5, 0.6) is 0 Å². The van der Waals surface area contributed by atoms with Crippen molar-refractivity contribution >= 4 is 33.8 Å². The third kappa shape index (κ3) is 2.83. The summed E-state index contributed by atoms with van der Waals surface area (Å²) in [5.74, 6) is 1.34. The normalized spacial score (nSPS) is 17.2. The van der Waals surface area contributed by atoms with Crippen LogP contribution in [0.2, 0.25) is 0 Å². The molecule has 0 saturated heterocycles. The second kappa shape index (κ2) is 6.57. The Morgan fingerprint density at radius 3 is 2.65 bits per heavy atom. The summed E-state index contributed by atoms with van der Waals surface area (Å²) < 4.78 is 9.29. The number of fused-ring (bicyclic) bond motifs is 3. The lowest BCUT2D eigenvalue weighted by molar-refractivity contribution is 0.0719. The van der Waals surface area contributed by atoms with Gasteiger partial charge in [-0.15, -0.1) is 0 Å². The molecule has 0 bridgehead atoms. The summed E-state index contributed by atoms with van der Waals surface area (Å²) in [4.78, 5) is 28.3.